The van der Waals surface area contributed by atoms with Crippen LogP contribution in [0.5, 0.6) is 0 Å². The van der Waals surface area contributed by atoms with Crippen molar-refractivity contribution in [3.8, 4) is 0 Å². The van der Waals surface area contributed by atoms with Crippen LogP contribution < -0.4 is 4.72 Å². The van der Waals surface area contributed by atoms with Gasteiger partial charge in [0.2, 0.25) is 0 Å². The zero-order chi connectivity index (χ0) is 15.6. The Kier molecular flexibility index (Phi) is 4.20. The quantitative estimate of drug-likeness (QED) is 0.904. The Morgan fingerprint density at radius 2 is 1.76 bits per heavy atom. The fraction of sp³-hybridized carbons (Fsp3) is 0.0714. The molecule has 2 rings (SSSR count). The average Bonchev–Trinajstić information content (AvgIpc) is 2.42. The highest BCUT2D eigenvalue weighted by Crippen LogP contribution is 2.25. The van der Waals surface area contributed by atoms with E-state index in [2.05, 4.69) is 4.72 Å². The molecule has 0 bridgehead atoms. The van der Waals surface area contributed by atoms with Crippen molar-refractivity contribution in [2.45, 2.75) is 11.8 Å². The number of aromatic carboxylic acids is 1. The molecule has 0 saturated heterocycles. The summed E-state index contributed by atoms with van der Waals surface area (Å²) >= 11 is 5.99. The maximum atomic E-state index is 12.2. The van der Waals surface area contributed by atoms with Gasteiger partial charge in [0.25, 0.3) is 10.0 Å². The maximum Gasteiger partial charge on any atom is 0.335 e. The van der Waals surface area contributed by atoms with E-state index in [9.17, 15) is 13.2 Å². The normalized spacial score (nSPS) is 11.1. The molecule has 0 amide bonds. The summed E-state index contributed by atoms with van der Waals surface area (Å²) in [5.41, 5.74) is 1.20. The molecule has 2 aromatic carbocycles. The number of benzene rings is 2. The maximum absolute atomic E-state index is 12.2. The molecule has 0 saturated carbocycles. The lowest BCUT2D eigenvalue weighted by Crippen LogP contribution is -2.13. The fourth-order valence-electron chi connectivity index (χ4n) is 1.68. The zero-order valence-electron chi connectivity index (χ0n) is 11.0. The Balaban J connectivity index is 2.31. The Hall–Kier alpha value is -2.05. The molecule has 0 fully saturated rings. The van der Waals surface area contributed by atoms with Crippen molar-refractivity contribution in [2.75, 3.05) is 4.72 Å². The molecule has 0 aliphatic rings. The van der Waals surface area contributed by atoms with Crippen LogP contribution in [0.1, 0.15) is 15.9 Å². The molecule has 0 unspecified atom stereocenters. The molecular weight excluding hydrogens is 314 g/mol. The number of carboxylic acids is 1. The van der Waals surface area contributed by atoms with Crippen LogP contribution in [-0.2, 0) is 10.0 Å². The van der Waals surface area contributed by atoms with Crippen LogP contribution in [0.3, 0.4) is 0 Å². The third-order valence-electron chi connectivity index (χ3n) is 2.78. The summed E-state index contributed by atoms with van der Waals surface area (Å²) in [5, 5.41) is 9.09. The summed E-state index contributed by atoms with van der Waals surface area (Å²) in [6.07, 6.45) is 0. The van der Waals surface area contributed by atoms with Crippen LogP contribution in [0.25, 0.3) is 0 Å². The van der Waals surface area contributed by atoms with Crippen LogP contribution in [0.4, 0.5) is 5.69 Å². The number of hydrogen-bond acceptors (Lipinski definition) is 3. The molecule has 21 heavy (non-hydrogen) atoms. The van der Waals surface area contributed by atoms with Crippen molar-refractivity contribution < 1.29 is 18.3 Å². The van der Waals surface area contributed by atoms with Gasteiger partial charge in [0.1, 0.15) is 0 Å². The van der Waals surface area contributed by atoms with E-state index in [1.54, 1.807) is 18.2 Å². The number of carbonyl (C=O) groups is 1. The van der Waals surface area contributed by atoms with E-state index in [4.69, 9.17) is 16.7 Å². The average molecular weight is 326 g/mol. The molecule has 0 heterocycles. The van der Waals surface area contributed by atoms with Crippen molar-refractivity contribution in [3.05, 3.63) is 58.6 Å². The lowest BCUT2D eigenvalue weighted by Gasteiger charge is -2.10. The van der Waals surface area contributed by atoms with Crippen LogP contribution in [0, 0.1) is 6.92 Å². The van der Waals surface area contributed by atoms with Crippen molar-refractivity contribution in [2.24, 2.45) is 0 Å². The second kappa shape index (κ2) is 5.75. The minimum absolute atomic E-state index is 0.0160. The van der Waals surface area contributed by atoms with E-state index in [0.717, 1.165) is 5.56 Å². The van der Waals surface area contributed by atoms with Gasteiger partial charge < -0.3 is 5.11 Å². The molecule has 2 N–H and O–H groups in total. The van der Waals surface area contributed by atoms with Gasteiger partial charge in [0.05, 0.1) is 21.2 Å². The van der Waals surface area contributed by atoms with Crippen molar-refractivity contribution in [1.82, 2.24) is 0 Å². The molecule has 0 spiro atoms. The molecule has 0 aliphatic heterocycles. The largest absolute Gasteiger partial charge is 0.478 e. The smallest absolute Gasteiger partial charge is 0.335 e. The zero-order valence-corrected chi connectivity index (χ0v) is 12.6. The van der Waals surface area contributed by atoms with Gasteiger partial charge in [-0.05, 0) is 48.9 Å². The highest BCUT2D eigenvalue weighted by molar-refractivity contribution is 7.92. The summed E-state index contributed by atoms with van der Waals surface area (Å²) in [7, 11) is -3.82. The topological polar surface area (TPSA) is 83.5 Å². The minimum atomic E-state index is -3.82. The number of nitrogens with one attached hydrogen (secondary N) is 1. The van der Waals surface area contributed by atoms with E-state index in [1.807, 2.05) is 6.92 Å². The summed E-state index contributed by atoms with van der Waals surface area (Å²) in [6, 6.07) is 9.87. The van der Waals surface area contributed by atoms with Crippen LogP contribution in [-0.4, -0.2) is 19.5 Å². The monoisotopic (exact) mass is 325 g/mol. The van der Waals surface area contributed by atoms with Gasteiger partial charge >= 0.3 is 5.97 Å². The van der Waals surface area contributed by atoms with Gasteiger partial charge in [-0.2, -0.15) is 0 Å². The van der Waals surface area contributed by atoms with Gasteiger partial charge in [-0.1, -0.05) is 17.7 Å². The number of sulfonamides is 1. The van der Waals surface area contributed by atoms with Gasteiger partial charge in [0, 0.05) is 0 Å². The Bertz CT molecular complexity index is 785. The van der Waals surface area contributed by atoms with Crippen LogP contribution in [0.2, 0.25) is 5.02 Å². The molecule has 0 atom stereocenters. The third kappa shape index (κ3) is 3.53. The van der Waals surface area contributed by atoms with Crippen molar-refractivity contribution in [1.29, 1.82) is 0 Å². The van der Waals surface area contributed by atoms with Crippen LogP contribution in [0.15, 0.2) is 47.4 Å². The second-order valence-electron chi connectivity index (χ2n) is 4.42. The summed E-state index contributed by atoms with van der Waals surface area (Å²) in [5.74, 6) is -1.12. The van der Waals surface area contributed by atoms with Crippen LogP contribution >= 0.6 is 11.6 Å². The summed E-state index contributed by atoms with van der Waals surface area (Å²) in [6.45, 7) is 1.84. The first-order chi connectivity index (χ1) is 9.79. The highest BCUT2D eigenvalue weighted by Gasteiger charge is 2.16. The van der Waals surface area contributed by atoms with E-state index >= 15 is 0 Å². The molecule has 0 radical (unpaired) electrons. The van der Waals surface area contributed by atoms with Gasteiger partial charge in [0.15, 0.2) is 0 Å². The SMILES string of the molecule is Cc1ccc(NS(=O)(=O)c2ccc(C(=O)O)cc2)c(Cl)c1. The van der Waals surface area contributed by atoms with Crippen molar-refractivity contribution in [3.63, 3.8) is 0 Å². The van der Waals surface area contributed by atoms with E-state index in [-0.39, 0.29) is 16.1 Å². The molecule has 0 aliphatic carbocycles. The molecular formula is C14H12ClNO4S. The number of hydrogen-bond donors (Lipinski definition) is 2. The highest BCUT2D eigenvalue weighted by atomic mass is 35.5. The number of rotatable bonds is 4. The van der Waals surface area contributed by atoms with E-state index < -0.39 is 16.0 Å². The Morgan fingerprint density at radius 3 is 2.29 bits per heavy atom. The predicted molar refractivity (Wildman–Crippen MR) is 80.4 cm³/mol. The number of aryl methyl sites for hydroxylation is 1. The van der Waals surface area contributed by atoms with Crippen molar-refractivity contribution >= 4 is 33.3 Å². The third-order valence-corrected chi connectivity index (χ3v) is 4.47. The first kappa shape index (κ1) is 15.3. The molecule has 2 aromatic rings. The standard InChI is InChI=1S/C14H12ClNO4S/c1-9-2-7-13(12(15)8-9)16-21(19,20)11-5-3-10(4-6-11)14(17)18/h2-8,16H,1H3,(H,17,18). The van der Waals surface area contributed by atoms with E-state index in [1.165, 1.54) is 24.3 Å². The summed E-state index contributed by atoms with van der Waals surface area (Å²) < 4.78 is 26.8. The first-order valence-electron chi connectivity index (χ1n) is 5.92. The number of anilines is 1. The minimum Gasteiger partial charge on any atom is -0.478 e. The fourth-order valence-corrected chi connectivity index (χ4v) is 3.10. The lowest BCUT2D eigenvalue weighted by atomic mass is 10.2. The second-order valence-corrected chi connectivity index (χ2v) is 6.51. The molecule has 0 aromatic heterocycles. The number of halogens is 1. The molecule has 7 heteroatoms. The Morgan fingerprint density at radius 1 is 1.14 bits per heavy atom. The first-order valence-corrected chi connectivity index (χ1v) is 7.78. The predicted octanol–water partition coefficient (Wildman–Crippen LogP) is 3.15. The van der Waals surface area contributed by atoms with Gasteiger partial charge in [-0.3, -0.25) is 4.72 Å². The van der Waals surface area contributed by atoms with Gasteiger partial charge in [-0.25, -0.2) is 13.2 Å². The van der Waals surface area contributed by atoms with Gasteiger partial charge in [-0.15, -0.1) is 0 Å². The Labute approximate surface area is 127 Å². The molecule has 5 nitrogen and oxygen atoms in total. The lowest BCUT2D eigenvalue weighted by molar-refractivity contribution is 0.0697. The molecule has 110 valence electrons. The number of carboxylic acid groups (broad SMARTS) is 1. The van der Waals surface area contributed by atoms with E-state index in [0.29, 0.717) is 5.02 Å². The summed E-state index contributed by atoms with van der Waals surface area (Å²) in [4.78, 5) is 10.7.